The fourth-order valence-corrected chi connectivity index (χ4v) is 3.72. The van der Waals surface area contributed by atoms with Crippen LogP contribution in [0.15, 0.2) is 61.7 Å². The molecule has 0 spiro atoms. The van der Waals surface area contributed by atoms with Gasteiger partial charge in [0.1, 0.15) is 12.2 Å². The molecule has 2 aromatic rings. The zero-order chi connectivity index (χ0) is 20.1. The van der Waals surface area contributed by atoms with Crippen LogP contribution in [0.5, 0.6) is 0 Å². The Balaban J connectivity index is 1.05. The lowest BCUT2D eigenvalue weighted by atomic mass is 10.1. The van der Waals surface area contributed by atoms with E-state index in [1.807, 2.05) is 12.2 Å². The van der Waals surface area contributed by atoms with Crippen LogP contribution in [0, 0.1) is 0 Å². The van der Waals surface area contributed by atoms with Crippen molar-refractivity contribution in [2.75, 3.05) is 13.2 Å². The first-order valence-electron chi connectivity index (χ1n) is 10.6. The topological polar surface area (TPSA) is 34.3 Å². The lowest BCUT2D eigenvalue weighted by Crippen LogP contribution is -2.11. The minimum atomic E-state index is 0.253. The molecule has 0 bridgehead atoms. The first-order chi connectivity index (χ1) is 14.2. The van der Waals surface area contributed by atoms with Gasteiger partial charge in [-0.3, -0.25) is 0 Å². The van der Waals surface area contributed by atoms with E-state index < -0.39 is 0 Å². The van der Waals surface area contributed by atoms with Gasteiger partial charge in [0.2, 0.25) is 0 Å². The largest absolute Gasteiger partial charge is 0.376 e. The van der Waals surface area contributed by atoms with Gasteiger partial charge in [-0.2, -0.15) is 0 Å². The molecule has 3 heteroatoms. The highest BCUT2D eigenvalue weighted by Gasteiger charge is 2.41. The standard InChI is InChI=1S/C26H30O3/c1-3-19-5-9-21(10-6-19)13-15-23-25(28-23)17-27-18-26-24(29-26)16-14-22-11-7-20(4-2)8-12-22/h3-12,23-26H,1-2,13-18H2. The third-order valence-electron chi connectivity index (χ3n) is 5.81. The number of aryl methyl sites for hydroxylation is 2. The van der Waals surface area contributed by atoms with Crippen LogP contribution in [0.3, 0.4) is 0 Å². The molecule has 2 aliphatic heterocycles. The molecule has 0 N–H and O–H groups in total. The van der Waals surface area contributed by atoms with E-state index in [4.69, 9.17) is 14.2 Å². The number of hydrogen-bond donors (Lipinski definition) is 0. The molecule has 2 heterocycles. The summed E-state index contributed by atoms with van der Waals surface area (Å²) in [5.41, 5.74) is 5.01. The molecule has 3 nitrogen and oxygen atoms in total. The number of hydrogen-bond acceptors (Lipinski definition) is 3. The summed E-state index contributed by atoms with van der Waals surface area (Å²) in [6, 6.07) is 17.1. The zero-order valence-electron chi connectivity index (χ0n) is 17.0. The molecule has 0 aromatic heterocycles. The molecular weight excluding hydrogens is 360 g/mol. The molecule has 2 saturated heterocycles. The van der Waals surface area contributed by atoms with Gasteiger partial charge in [0, 0.05) is 0 Å². The van der Waals surface area contributed by atoms with Crippen LogP contribution >= 0.6 is 0 Å². The molecular formula is C26H30O3. The van der Waals surface area contributed by atoms with Crippen LogP contribution in [0.25, 0.3) is 12.2 Å². The lowest BCUT2D eigenvalue weighted by Gasteiger charge is -2.02. The molecule has 0 saturated carbocycles. The second-order valence-electron chi connectivity index (χ2n) is 7.93. The molecule has 0 radical (unpaired) electrons. The van der Waals surface area contributed by atoms with Gasteiger partial charge in [-0.15, -0.1) is 0 Å². The predicted octanol–water partition coefficient (Wildman–Crippen LogP) is 5.09. The average Bonchev–Trinajstić information content (AvgIpc) is 3.69. The van der Waals surface area contributed by atoms with Crippen molar-refractivity contribution in [2.24, 2.45) is 0 Å². The molecule has 29 heavy (non-hydrogen) atoms. The van der Waals surface area contributed by atoms with Gasteiger partial charge in [0.15, 0.2) is 0 Å². The smallest absolute Gasteiger partial charge is 0.107 e. The molecule has 4 rings (SSSR count). The van der Waals surface area contributed by atoms with Crippen LogP contribution < -0.4 is 0 Å². The average molecular weight is 391 g/mol. The fraction of sp³-hybridized carbons (Fsp3) is 0.385. The Hall–Kier alpha value is -2.20. The van der Waals surface area contributed by atoms with E-state index in [-0.39, 0.29) is 12.2 Å². The van der Waals surface area contributed by atoms with Crippen LogP contribution in [-0.2, 0) is 27.1 Å². The minimum absolute atomic E-state index is 0.253. The Bertz CT molecular complexity index is 739. The van der Waals surface area contributed by atoms with E-state index in [9.17, 15) is 0 Å². The van der Waals surface area contributed by atoms with Gasteiger partial charge in [-0.1, -0.05) is 73.8 Å². The summed E-state index contributed by atoms with van der Waals surface area (Å²) < 4.78 is 17.3. The molecule has 2 aliphatic rings. The number of ether oxygens (including phenoxy) is 3. The third-order valence-corrected chi connectivity index (χ3v) is 5.81. The molecule has 4 unspecified atom stereocenters. The van der Waals surface area contributed by atoms with Gasteiger partial charge >= 0.3 is 0 Å². The second-order valence-corrected chi connectivity index (χ2v) is 7.93. The number of benzene rings is 2. The van der Waals surface area contributed by atoms with Crippen LogP contribution in [0.4, 0.5) is 0 Å². The fourth-order valence-electron chi connectivity index (χ4n) is 3.72. The first-order valence-corrected chi connectivity index (χ1v) is 10.6. The highest BCUT2D eigenvalue weighted by Crippen LogP contribution is 2.30. The Labute approximate surface area is 174 Å². The maximum Gasteiger partial charge on any atom is 0.107 e. The summed E-state index contributed by atoms with van der Waals surface area (Å²) >= 11 is 0. The van der Waals surface area contributed by atoms with Crippen molar-refractivity contribution in [1.82, 2.24) is 0 Å². The Morgan fingerprint density at radius 3 is 1.45 bits per heavy atom. The summed E-state index contributed by atoms with van der Waals surface area (Å²) in [6.07, 6.45) is 9.10. The van der Waals surface area contributed by atoms with E-state index in [1.54, 1.807) is 0 Å². The molecule has 152 valence electrons. The van der Waals surface area contributed by atoms with E-state index in [0.29, 0.717) is 25.4 Å². The quantitative estimate of drug-likeness (QED) is 0.474. The molecule has 0 amide bonds. The van der Waals surface area contributed by atoms with Crippen molar-refractivity contribution in [3.63, 3.8) is 0 Å². The van der Waals surface area contributed by atoms with Crippen molar-refractivity contribution in [2.45, 2.75) is 50.1 Å². The van der Waals surface area contributed by atoms with E-state index >= 15 is 0 Å². The molecule has 2 fully saturated rings. The van der Waals surface area contributed by atoms with E-state index in [2.05, 4.69) is 61.7 Å². The van der Waals surface area contributed by atoms with Crippen molar-refractivity contribution < 1.29 is 14.2 Å². The van der Waals surface area contributed by atoms with Crippen LogP contribution in [0.2, 0.25) is 0 Å². The predicted molar refractivity (Wildman–Crippen MR) is 118 cm³/mol. The summed E-state index contributed by atoms with van der Waals surface area (Å²) in [4.78, 5) is 0. The van der Waals surface area contributed by atoms with Crippen molar-refractivity contribution in [3.8, 4) is 0 Å². The summed E-state index contributed by atoms with van der Waals surface area (Å²) in [5, 5.41) is 0. The number of epoxide rings is 2. The zero-order valence-corrected chi connectivity index (χ0v) is 17.0. The second kappa shape index (κ2) is 9.53. The molecule has 0 aliphatic carbocycles. The lowest BCUT2D eigenvalue weighted by molar-refractivity contribution is 0.102. The Morgan fingerprint density at radius 2 is 1.07 bits per heavy atom. The van der Waals surface area contributed by atoms with Crippen LogP contribution in [-0.4, -0.2) is 37.6 Å². The Morgan fingerprint density at radius 1 is 0.655 bits per heavy atom. The highest BCUT2D eigenvalue weighted by atomic mass is 16.6. The molecule has 2 aromatic carbocycles. The summed E-state index contributed by atoms with van der Waals surface area (Å²) in [5.74, 6) is 0. The van der Waals surface area contributed by atoms with Gasteiger partial charge in [-0.25, -0.2) is 0 Å². The van der Waals surface area contributed by atoms with E-state index in [0.717, 1.165) is 36.8 Å². The van der Waals surface area contributed by atoms with Gasteiger partial charge in [0.25, 0.3) is 0 Å². The van der Waals surface area contributed by atoms with Gasteiger partial charge < -0.3 is 14.2 Å². The monoisotopic (exact) mass is 390 g/mol. The summed E-state index contributed by atoms with van der Waals surface area (Å²) in [6.45, 7) is 8.93. The number of rotatable bonds is 12. The van der Waals surface area contributed by atoms with E-state index in [1.165, 1.54) is 11.1 Å². The van der Waals surface area contributed by atoms with Crippen molar-refractivity contribution >= 4 is 12.2 Å². The normalized spacial score (nSPS) is 24.8. The van der Waals surface area contributed by atoms with Gasteiger partial charge in [-0.05, 0) is 47.9 Å². The maximum absolute atomic E-state index is 5.83. The van der Waals surface area contributed by atoms with Crippen molar-refractivity contribution in [3.05, 3.63) is 83.9 Å². The SMILES string of the molecule is C=Cc1ccc(CCC2OC2COCC2OC2CCc2ccc(C=C)cc2)cc1. The Kier molecular flexibility index (Phi) is 6.60. The first kappa shape index (κ1) is 20.1. The van der Waals surface area contributed by atoms with Crippen LogP contribution in [0.1, 0.15) is 35.1 Å². The maximum atomic E-state index is 5.83. The highest BCUT2D eigenvalue weighted by molar-refractivity contribution is 5.47. The summed E-state index contributed by atoms with van der Waals surface area (Å²) in [7, 11) is 0. The van der Waals surface area contributed by atoms with Crippen molar-refractivity contribution in [1.29, 1.82) is 0 Å². The van der Waals surface area contributed by atoms with Gasteiger partial charge in [0.05, 0.1) is 25.4 Å². The minimum Gasteiger partial charge on any atom is -0.376 e. The molecule has 4 atom stereocenters. The third kappa shape index (κ3) is 5.89.